The lowest BCUT2D eigenvalue weighted by atomic mass is 10.5. The number of rotatable bonds is 3. The second-order valence-corrected chi connectivity index (χ2v) is 2.00. The molecule has 0 spiro atoms. The van der Waals surface area contributed by atoms with Gasteiger partial charge in [-0.1, -0.05) is 6.07 Å². The summed E-state index contributed by atoms with van der Waals surface area (Å²) in [5.41, 5.74) is 0. The van der Waals surface area contributed by atoms with Gasteiger partial charge in [-0.25, -0.2) is 9.78 Å². The van der Waals surface area contributed by atoms with E-state index in [0.717, 1.165) is 0 Å². The normalized spacial score (nSPS) is 9.00. The van der Waals surface area contributed by atoms with Crippen molar-refractivity contribution in [1.29, 1.82) is 0 Å². The fourth-order valence-corrected chi connectivity index (χ4v) is 0.577. The maximum atomic E-state index is 10.3. The molecule has 12 heavy (non-hydrogen) atoms. The highest BCUT2D eigenvalue weighted by Gasteiger charge is 2.05. The molecule has 1 aromatic rings. The first-order valence-electron chi connectivity index (χ1n) is 3.21. The number of nitrogens with zero attached hydrogens (tertiary/aromatic N) is 1. The Labute approximate surface area is 69.1 Å². The van der Waals surface area contributed by atoms with Crippen molar-refractivity contribution in [2.45, 2.75) is 0 Å². The smallest absolute Gasteiger partial charge is 0.371 e. The second kappa shape index (κ2) is 3.52. The molecule has 4 heteroatoms. The molecule has 0 aliphatic heterocycles. The van der Waals surface area contributed by atoms with E-state index in [2.05, 4.69) is 11.6 Å². The van der Waals surface area contributed by atoms with Crippen molar-refractivity contribution in [3.63, 3.8) is 0 Å². The van der Waals surface area contributed by atoms with Crippen LogP contribution in [0.1, 0.15) is 0 Å². The number of carboxylic acids is 1. The summed E-state index contributed by atoms with van der Waals surface area (Å²) in [7, 11) is 0. The summed E-state index contributed by atoms with van der Waals surface area (Å²) in [5.74, 6) is -1.31. The average Bonchev–Trinajstić information content (AvgIpc) is 2.06. The Hall–Kier alpha value is -1.84. The van der Waals surface area contributed by atoms with Gasteiger partial charge in [0.25, 0.3) is 0 Å². The van der Waals surface area contributed by atoms with Gasteiger partial charge in [0.05, 0.1) is 0 Å². The van der Waals surface area contributed by atoms with E-state index in [1.165, 1.54) is 6.20 Å². The zero-order chi connectivity index (χ0) is 8.97. The van der Waals surface area contributed by atoms with E-state index in [4.69, 9.17) is 9.84 Å². The van der Waals surface area contributed by atoms with E-state index in [1.54, 1.807) is 18.2 Å². The molecule has 0 fully saturated rings. The van der Waals surface area contributed by atoms with Gasteiger partial charge in [0.2, 0.25) is 11.6 Å². The first-order chi connectivity index (χ1) is 5.70. The van der Waals surface area contributed by atoms with Crippen molar-refractivity contribution >= 4 is 5.97 Å². The van der Waals surface area contributed by atoms with Crippen molar-refractivity contribution in [2.75, 3.05) is 0 Å². The van der Waals surface area contributed by atoms with Crippen LogP contribution in [0.15, 0.2) is 36.7 Å². The van der Waals surface area contributed by atoms with Crippen molar-refractivity contribution in [1.82, 2.24) is 4.98 Å². The Balaban J connectivity index is 2.65. The summed E-state index contributed by atoms with van der Waals surface area (Å²) in [6.07, 6.45) is 1.50. The van der Waals surface area contributed by atoms with Crippen LogP contribution in [-0.2, 0) is 4.79 Å². The summed E-state index contributed by atoms with van der Waals surface area (Å²) >= 11 is 0. The zero-order valence-corrected chi connectivity index (χ0v) is 6.23. The highest BCUT2D eigenvalue weighted by atomic mass is 16.5. The van der Waals surface area contributed by atoms with E-state index >= 15 is 0 Å². The van der Waals surface area contributed by atoms with Crippen LogP contribution in [0.4, 0.5) is 0 Å². The Morgan fingerprint density at radius 2 is 2.33 bits per heavy atom. The summed E-state index contributed by atoms with van der Waals surface area (Å²) in [6.45, 7) is 3.19. The largest absolute Gasteiger partial charge is 0.475 e. The molecule has 1 rings (SSSR count). The van der Waals surface area contributed by atoms with Gasteiger partial charge in [0, 0.05) is 12.3 Å². The van der Waals surface area contributed by atoms with Gasteiger partial charge in [-0.3, -0.25) is 0 Å². The summed E-state index contributed by atoms with van der Waals surface area (Å²) in [5, 5.41) is 8.39. The third kappa shape index (κ3) is 2.09. The van der Waals surface area contributed by atoms with E-state index in [1.807, 2.05) is 0 Å². The predicted molar refractivity (Wildman–Crippen MR) is 41.6 cm³/mol. The van der Waals surface area contributed by atoms with Gasteiger partial charge in [0.15, 0.2) is 0 Å². The molecular formula is C8H7NO3. The molecule has 0 aromatic carbocycles. The van der Waals surface area contributed by atoms with Crippen LogP contribution < -0.4 is 4.74 Å². The second-order valence-electron chi connectivity index (χ2n) is 2.00. The van der Waals surface area contributed by atoms with Crippen LogP contribution in [0.25, 0.3) is 0 Å². The maximum Gasteiger partial charge on any atom is 0.371 e. The number of ether oxygens (including phenoxy) is 1. The SMILES string of the molecule is C=C(Oc1ccccn1)C(=O)O. The number of pyridine rings is 1. The fourth-order valence-electron chi connectivity index (χ4n) is 0.577. The minimum Gasteiger partial charge on any atom is -0.475 e. The number of carboxylic acid groups (broad SMARTS) is 1. The van der Waals surface area contributed by atoms with E-state index in [0.29, 0.717) is 0 Å². The fraction of sp³-hybridized carbons (Fsp3) is 0. The third-order valence-corrected chi connectivity index (χ3v) is 1.10. The molecule has 0 bridgehead atoms. The van der Waals surface area contributed by atoms with E-state index in [9.17, 15) is 4.79 Å². The Kier molecular flexibility index (Phi) is 2.42. The topological polar surface area (TPSA) is 59.4 Å². The molecule has 62 valence electrons. The van der Waals surface area contributed by atoms with Gasteiger partial charge < -0.3 is 9.84 Å². The Morgan fingerprint density at radius 1 is 1.58 bits per heavy atom. The first-order valence-corrected chi connectivity index (χ1v) is 3.21. The van der Waals surface area contributed by atoms with Gasteiger partial charge >= 0.3 is 5.97 Å². The van der Waals surface area contributed by atoms with Crippen LogP contribution in [0.2, 0.25) is 0 Å². The molecule has 0 aliphatic rings. The molecule has 0 saturated carbocycles. The van der Waals surface area contributed by atoms with Gasteiger partial charge in [-0.15, -0.1) is 0 Å². The van der Waals surface area contributed by atoms with Crippen molar-refractivity contribution in [2.24, 2.45) is 0 Å². The summed E-state index contributed by atoms with van der Waals surface area (Å²) in [4.78, 5) is 14.0. The lowest BCUT2D eigenvalue weighted by Gasteiger charge is -2.01. The van der Waals surface area contributed by atoms with Crippen molar-refractivity contribution in [3.8, 4) is 5.88 Å². The average molecular weight is 165 g/mol. The molecule has 0 atom stereocenters. The van der Waals surface area contributed by atoms with Crippen molar-refractivity contribution in [3.05, 3.63) is 36.7 Å². The molecule has 0 unspecified atom stereocenters. The molecule has 1 heterocycles. The van der Waals surface area contributed by atoms with Crippen LogP contribution in [0, 0.1) is 0 Å². The van der Waals surface area contributed by atoms with Crippen LogP contribution in [-0.4, -0.2) is 16.1 Å². The molecule has 1 aromatic heterocycles. The number of carbonyl (C=O) groups is 1. The summed E-state index contributed by atoms with van der Waals surface area (Å²) in [6, 6.07) is 4.95. The number of hydrogen-bond donors (Lipinski definition) is 1. The van der Waals surface area contributed by atoms with Gasteiger partial charge in [0.1, 0.15) is 0 Å². The lowest BCUT2D eigenvalue weighted by molar-refractivity contribution is -0.135. The third-order valence-electron chi connectivity index (χ3n) is 1.10. The zero-order valence-electron chi connectivity index (χ0n) is 6.23. The van der Waals surface area contributed by atoms with Crippen LogP contribution in [0.5, 0.6) is 5.88 Å². The van der Waals surface area contributed by atoms with Gasteiger partial charge in [-0.2, -0.15) is 0 Å². The molecular weight excluding hydrogens is 158 g/mol. The molecule has 1 N–H and O–H groups in total. The van der Waals surface area contributed by atoms with E-state index in [-0.39, 0.29) is 11.6 Å². The monoisotopic (exact) mass is 165 g/mol. The number of aromatic nitrogens is 1. The molecule has 4 nitrogen and oxygen atoms in total. The molecule has 0 radical (unpaired) electrons. The highest BCUT2D eigenvalue weighted by molar-refractivity contribution is 5.83. The Bertz CT molecular complexity index is 294. The first kappa shape index (κ1) is 8.26. The predicted octanol–water partition coefficient (Wildman–Crippen LogP) is 1.06. The lowest BCUT2D eigenvalue weighted by Crippen LogP contribution is -2.06. The Morgan fingerprint density at radius 3 is 2.83 bits per heavy atom. The van der Waals surface area contributed by atoms with Gasteiger partial charge in [-0.05, 0) is 12.6 Å². The standard InChI is InChI=1S/C8H7NO3/c1-6(8(10)11)12-7-4-2-3-5-9-7/h2-5H,1H2,(H,10,11). The van der Waals surface area contributed by atoms with E-state index < -0.39 is 5.97 Å². The summed E-state index contributed by atoms with van der Waals surface area (Å²) < 4.78 is 4.77. The van der Waals surface area contributed by atoms with Crippen molar-refractivity contribution < 1.29 is 14.6 Å². The molecule has 0 aliphatic carbocycles. The highest BCUT2D eigenvalue weighted by Crippen LogP contribution is 2.06. The maximum absolute atomic E-state index is 10.3. The number of hydrogen-bond acceptors (Lipinski definition) is 3. The molecule has 0 amide bonds. The quantitative estimate of drug-likeness (QED) is 0.537. The number of aliphatic carboxylic acids is 1. The molecule has 0 saturated heterocycles. The minimum absolute atomic E-state index is 0.227. The minimum atomic E-state index is -1.19. The van der Waals surface area contributed by atoms with Crippen LogP contribution >= 0.6 is 0 Å². The van der Waals surface area contributed by atoms with Crippen LogP contribution in [0.3, 0.4) is 0 Å².